The molecule has 0 aliphatic heterocycles. The quantitative estimate of drug-likeness (QED) is 0.465. The van der Waals surface area contributed by atoms with Crippen LogP contribution in [-0.2, 0) is 9.53 Å². The molecule has 0 unspecified atom stereocenters. The van der Waals surface area contributed by atoms with Crippen LogP contribution in [0.5, 0.6) is 0 Å². The summed E-state index contributed by atoms with van der Waals surface area (Å²) in [6.45, 7) is 5.16. The average molecular weight is 161 g/mol. The Balaban J connectivity index is 3.50. The Morgan fingerprint density at radius 3 is 2.80 bits per heavy atom. The van der Waals surface area contributed by atoms with E-state index in [2.05, 4.69) is 11.3 Å². The van der Waals surface area contributed by atoms with Crippen LogP contribution in [0, 0.1) is 0 Å². The van der Waals surface area contributed by atoms with Crippen LogP contribution in [-0.4, -0.2) is 12.6 Å². The van der Waals surface area contributed by atoms with E-state index < -0.39 is 5.97 Å². The van der Waals surface area contributed by atoms with Crippen LogP contribution in [0.4, 0.5) is 0 Å². The van der Waals surface area contributed by atoms with Crippen LogP contribution in [0.1, 0.15) is 6.92 Å². The molecule has 0 heterocycles. The second-order valence-electron chi connectivity index (χ2n) is 1.62. The number of carbonyl (C=O) groups is 1. The van der Waals surface area contributed by atoms with Gasteiger partial charge in [-0.2, -0.15) is 0 Å². The maximum absolute atomic E-state index is 10.5. The predicted molar refractivity (Wildman–Crippen MR) is 40.8 cm³/mol. The first-order valence-corrected chi connectivity index (χ1v) is 3.17. The lowest BCUT2D eigenvalue weighted by molar-refractivity contribution is -0.136. The van der Waals surface area contributed by atoms with Crippen LogP contribution in [0.15, 0.2) is 23.8 Å². The standard InChI is InChI=1S/C7H9ClO2/c1-3-4-7(9)10-5-6(2)8/h3-4H,2,5H2,1H3. The minimum absolute atomic E-state index is 0.0741. The van der Waals surface area contributed by atoms with Gasteiger partial charge < -0.3 is 4.74 Å². The fourth-order valence-corrected chi connectivity index (χ4v) is 0.388. The first-order valence-electron chi connectivity index (χ1n) is 2.79. The molecule has 0 radical (unpaired) electrons. The van der Waals surface area contributed by atoms with Gasteiger partial charge in [-0.1, -0.05) is 24.3 Å². The van der Waals surface area contributed by atoms with Gasteiger partial charge in [0.2, 0.25) is 0 Å². The topological polar surface area (TPSA) is 26.3 Å². The van der Waals surface area contributed by atoms with Gasteiger partial charge in [-0.3, -0.25) is 0 Å². The third-order valence-corrected chi connectivity index (χ3v) is 0.783. The van der Waals surface area contributed by atoms with Crippen molar-refractivity contribution >= 4 is 17.6 Å². The third-order valence-electron chi connectivity index (χ3n) is 0.674. The summed E-state index contributed by atoms with van der Waals surface area (Å²) in [4.78, 5) is 10.5. The lowest BCUT2D eigenvalue weighted by atomic mass is 10.5. The molecule has 0 amide bonds. The molecule has 0 saturated heterocycles. The fourth-order valence-electron chi connectivity index (χ4n) is 0.334. The van der Waals surface area contributed by atoms with Gasteiger partial charge in [-0.25, -0.2) is 4.79 Å². The van der Waals surface area contributed by atoms with E-state index in [0.717, 1.165) is 0 Å². The Labute approximate surface area is 65.1 Å². The number of esters is 1. The summed E-state index contributed by atoms with van der Waals surface area (Å²) in [5, 5.41) is 0.317. The number of rotatable bonds is 3. The van der Waals surface area contributed by atoms with E-state index in [4.69, 9.17) is 11.6 Å². The fraction of sp³-hybridized carbons (Fsp3) is 0.286. The van der Waals surface area contributed by atoms with Crippen molar-refractivity contribution in [2.24, 2.45) is 0 Å². The molecule has 56 valence electrons. The molecule has 0 N–H and O–H groups in total. The van der Waals surface area contributed by atoms with Crippen molar-refractivity contribution in [1.29, 1.82) is 0 Å². The molecule has 0 saturated carbocycles. The van der Waals surface area contributed by atoms with Gasteiger partial charge in [-0.05, 0) is 6.92 Å². The molecule has 0 fully saturated rings. The minimum atomic E-state index is -0.399. The summed E-state index contributed by atoms with van der Waals surface area (Å²) in [6, 6.07) is 0. The van der Waals surface area contributed by atoms with Crippen molar-refractivity contribution in [3.05, 3.63) is 23.8 Å². The van der Waals surface area contributed by atoms with Gasteiger partial charge in [0.15, 0.2) is 0 Å². The Morgan fingerprint density at radius 1 is 1.80 bits per heavy atom. The SMILES string of the molecule is C=C(Cl)COC(=O)C=CC. The molecule has 0 aromatic carbocycles. The molecule has 3 heteroatoms. The second kappa shape index (κ2) is 5.06. The summed E-state index contributed by atoms with van der Waals surface area (Å²) >= 11 is 5.33. The van der Waals surface area contributed by atoms with E-state index in [1.54, 1.807) is 13.0 Å². The van der Waals surface area contributed by atoms with Crippen molar-refractivity contribution in [3.63, 3.8) is 0 Å². The summed E-state index contributed by atoms with van der Waals surface area (Å²) in [5.41, 5.74) is 0. The van der Waals surface area contributed by atoms with E-state index >= 15 is 0 Å². The molecule has 0 aliphatic carbocycles. The van der Waals surface area contributed by atoms with Crippen LogP contribution >= 0.6 is 11.6 Å². The highest BCUT2D eigenvalue weighted by atomic mass is 35.5. The van der Waals surface area contributed by atoms with Gasteiger partial charge in [0.1, 0.15) is 6.61 Å². The first-order chi connectivity index (χ1) is 4.66. The molecule has 2 nitrogen and oxygen atoms in total. The van der Waals surface area contributed by atoms with E-state index in [-0.39, 0.29) is 6.61 Å². The zero-order valence-corrected chi connectivity index (χ0v) is 6.52. The van der Waals surface area contributed by atoms with E-state index in [1.807, 2.05) is 0 Å². The smallest absolute Gasteiger partial charge is 0.330 e. The number of hydrogen-bond acceptors (Lipinski definition) is 2. The van der Waals surface area contributed by atoms with Crippen LogP contribution in [0.3, 0.4) is 0 Å². The highest BCUT2D eigenvalue weighted by Crippen LogP contribution is 1.96. The Bertz CT molecular complexity index is 161. The van der Waals surface area contributed by atoms with Crippen molar-refractivity contribution in [1.82, 2.24) is 0 Å². The van der Waals surface area contributed by atoms with Gasteiger partial charge in [0.05, 0.1) is 0 Å². The summed E-state index contributed by atoms with van der Waals surface area (Å²) in [7, 11) is 0. The Kier molecular flexibility index (Phi) is 4.67. The number of ether oxygens (including phenoxy) is 1. The lowest BCUT2D eigenvalue weighted by Gasteiger charge is -1.96. The van der Waals surface area contributed by atoms with Crippen LogP contribution < -0.4 is 0 Å². The average Bonchev–Trinajstić information content (AvgIpc) is 1.85. The van der Waals surface area contributed by atoms with Crippen molar-refractivity contribution < 1.29 is 9.53 Å². The van der Waals surface area contributed by atoms with Gasteiger partial charge in [0, 0.05) is 11.1 Å². The minimum Gasteiger partial charge on any atom is -0.457 e. The summed E-state index contributed by atoms with van der Waals surface area (Å²) in [5.74, 6) is -0.399. The monoisotopic (exact) mass is 160 g/mol. The summed E-state index contributed by atoms with van der Waals surface area (Å²) in [6.07, 6.45) is 2.92. The third kappa shape index (κ3) is 5.38. The molecular weight excluding hydrogens is 152 g/mol. The largest absolute Gasteiger partial charge is 0.457 e. The Hall–Kier alpha value is -0.760. The highest BCUT2D eigenvalue weighted by molar-refractivity contribution is 6.29. The van der Waals surface area contributed by atoms with Crippen LogP contribution in [0.2, 0.25) is 0 Å². The van der Waals surface area contributed by atoms with E-state index in [1.165, 1.54) is 6.08 Å². The molecular formula is C7H9ClO2. The molecule has 0 atom stereocenters. The van der Waals surface area contributed by atoms with Crippen molar-refractivity contribution in [2.75, 3.05) is 6.61 Å². The first kappa shape index (κ1) is 9.24. The zero-order chi connectivity index (χ0) is 7.98. The predicted octanol–water partition coefficient (Wildman–Crippen LogP) is 1.86. The van der Waals surface area contributed by atoms with Gasteiger partial charge in [-0.15, -0.1) is 0 Å². The number of allylic oxidation sites excluding steroid dienone is 1. The zero-order valence-electron chi connectivity index (χ0n) is 5.76. The summed E-state index contributed by atoms with van der Waals surface area (Å²) < 4.78 is 4.59. The Morgan fingerprint density at radius 2 is 2.40 bits per heavy atom. The lowest BCUT2D eigenvalue weighted by Crippen LogP contribution is -2.01. The van der Waals surface area contributed by atoms with Crippen LogP contribution in [0.25, 0.3) is 0 Å². The second-order valence-corrected chi connectivity index (χ2v) is 2.16. The molecule has 0 rings (SSSR count). The van der Waals surface area contributed by atoms with Crippen molar-refractivity contribution in [3.8, 4) is 0 Å². The molecule has 10 heavy (non-hydrogen) atoms. The molecule has 0 bridgehead atoms. The number of halogens is 1. The number of carbonyl (C=O) groups excluding carboxylic acids is 1. The number of hydrogen-bond donors (Lipinski definition) is 0. The highest BCUT2D eigenvalue weighted by Gasteiger charge is 1.94. The molecule has 0 aromatic heterocycles. The molecule has 0 aromatic rings. The maximum Gasteiger partial charge on any atom is 0.330 e. The van der Waals surface area contributed by atoms with E-state index in [9.17, 15) is 4.79 Å². The molecule has 0 aliphatic rings. The molecule has 0 spiro atoms. The van der Waals surface area contributed by atoms with Gasteiger partial charge >= 0.3 is 5.97 Å². The van der Waals surface area contributed by atoms with E-state index in [0.29, 0.717) is 5.03 Å². The normalized spacial score (nSPS) is 9.80. The maximum atomic E-state index is 10.5. The van der Waals surface area contributed by atoms with Crippen molar-refractivity contribution in [2.45, 2.75) is 6.92 Å². The van der Waals surface area contributed by atoms with Gasteiger partial charge in [0.25, 0.3) is 0 Å².